The van der Waals surface area contributed by atoms with E-state index < -0.39 is 47.7 Å². The van der Waals surface area contributed by atoms with E-state index in [2.05, 4.69) is 27.5 Å². The number of aromatic hydroxyl groups is 1. The van der Waals surface area contributed by atoms with Crippen molar-refractivity contribution < 1.29 is 37.7 Å². The summed E-state index contributed by atoms with van der Waals surface area (Å²) in [6, 6.07) is 3.16. The van der Waals surface area contributed by atoms with Gasteiger partial charge in [-0.1, -0.05) is 59.3 Å². The van der Waals surface area contributed by atoms with Crippen molar-refractivity contribution in [1.82, 2.24) is 20.6 Å². The third-order valence-corrected chi connectivity index (χ3v) is 11.1. The molecule has 1 heterocycles. The van der Waals surface area contributed by atoms with E-state index >= 15 is 8.78 Å². The molecule has 2 aliphatic carbocycles. The highest BCUT2D eigenvalue weighted by Gasteiger charge is 2.53. The number of hydrogen-bond donors (Lipinski definition) is 3. The standard InChI is InChI=1S/C38H56F2N4O6/c1-7-25(8-2)31(24(3)45)44-33(46)29(17-21-36(4)18-11-9-12-19-36)43-35(48)50-37(5)23-26(37)14-10-13-20-38(39,40)32-34(47)42-30-22-27(49-6)15-16-28(30)41-32/h15-16,22,25-26,29,31H,7-14,17-21,23H2,1-6H3,(H,42,47)(H,43,48)(H,44,46)/t26-,29?,31-,37?/m1/s1. The molecule has 3 N–H and O–H groups in total. The summed E-state index contributed by atoms with van der Waals surface area (Å²) in [7, 11) is 1.47. The van der Waals surface area contributed by atoms with Crippen LogP contribution in [-0.2, 0) is 20.2 Å². The van der Waals surface area contributed by atoms with Crippen LogP contribution in [0.25, 0.3) is 11.0 Å². The number of benzene rings is 1. The van der Waals surface area contributed by atoms with Crippen LogP contribution >= 0.6 is 0 Å². The van der Waals surface area contributed by atoms with Crippen molar-refractivity contribution in [2.24, 2.45) is 17.3 Å². The lowest BCUT2D eigenvalue weighted by molar-refractivity contribution is -0.129. The molecule has 1 aromatic carbocycles. The molecule has 4 atom stereocenters. The lowest BCUT2D eigenvalue weighted by Gasteiger charge is -2.35. The van der Waals surface area contributed by atoms with Crippen LogP contribution < -0.4 is 15.4 Å². The Morgan fingerprint density at radius 1 is 1.04 bits per heavy atom. The van der Waals surface area contributed by atoms with Gasteiger partial charge in [-0.05, 0) is 82.3 Å². The Labute approximate surface area is 294 Å². The number of unbranched alkanes of at least 4 members (excludes halogenated alkanes) is 1. The summed E-state index contributed by atoms with van der Waals surface area (Å²) in [5.74, 6) is -4.21. The van der Waals surface area contributed by atoms with E-state index in [0.717, 1.165) is 44.9 Å². The van der Waals surface area contributed by atoms with Gasteiger partial charge in [0.15, 0.2) is 11.5 Å². The predicted molar refractivity (Wildman–Crippen MR) is 187 cm³/mol. The predicted octanol–water partition coefficient (Wildman–Crippen LogP) is 8.13. The summed E-state index contributed by atoms with van der Waals surface area (Å²) >= 11 is 0. The van der Waals surface area contributed by atoms with Crippen molar-refractivity contribution in [3.63, 3.8) is 0 Å². The van der Waals surface area contributed by atoms with Crippen molar-refractivity contribution in [3.05, 3.63) is 23.9 Å². The molecule has 2 aliphatic rings. The lowest BCUT2D eigenvalue weighted by atomic mass is 9.72. The molecule has 1 aromatic heterocycles. The number of carbonyl (C=O) groups excluding carboxylic acids is 3. The van der Waals surface area contributed by atoms with E-state index in [-0.39, 0.29) is 46.4 Å². The molecular formula is C38H56F2N4O6. The Morgan fingerprint density at radius 3 is 2.38 bits per heavy atom. The van der Waals surface area contributed by atoms with Crippen LogP contribution in [0.1, 0.15) is 130 Å². The van der Waals surface area contributed by atoms with Crippen molar-refractivity contribution in [3.8, 4) is 11.6 Å². The molecule has 2 saturated carbocycles. The van der Waals surface area contributed by atoms with Gasteiger partial charge in [0, 0.05) is 18.4 Å². The smallest absolute Gasteiger partial charge is 0.408 e. The van der Waals surface area contributed by atoms with Crippen LogP contribution in [0.3, 0.4) is 0 Å². The maximum atomic E-state index is 15.1. The summed E-state index contributed by atoms with van der Waals surface area (Å²) in [5.41, 5.74) is -0.933. The SMILES string of the molecule is CCC(CC)[C@H](NC(=O)C(CCC1(C)CCCCC1)NC(=O)OC1(C)C[C@H]1CCCCC(F)(F)c1nc2ccc(OC)cc2nc1O)C(C)=O. The second kappa shape index (κ2) is 16.6. The Bertz CT molecular complexity index is 1500. The maximum absolute atomic E-state index is 15.1. The number of alkyl halides is 2. The maximum Gasteiger partial charge on any atom is 0.408 e. The van der Waals surface area contributed by atoms with E-state index in [0.29, 0.717) is 31.4 Å². The number of halogens is 2. The first-order valence-corrected chi connectivity index (χ1v) is 18.4. The van der Waals surface area contributed by atoms with Crippen molar-refractivity contribution >= 4 is 28.8 Å². The molecule has 50 heavy (non-hydrogen) atoms. The molecule has 0 saturated heterocycles. The third-order valence-electron chi connectivity index (χ3n) is 11.1. The van der Waals surface area contributed by atoms with Gasteiger partial charge in [-0.25, -0.2) is 14.8 Å². The number of amides is 2. The molecule has 2 unspecified atom stereocenters. The summed E-state index contributed by atoms with van der Waals surface area (Å²) < 4.78 is 41.2. The first kappa shape index (κ1) is 39.2. The van der Waals surface area contributed by atoms with Crippen LogP contribution in [0, 0.1) is 17.3 Å². The average Bonchev–Trinajstić information content (AvgIpc) is 3.72. The number of hydrogen-bond acceptors (Lipinski definition) is 8. The van der Waals surface area contributed by atoms with Gasteiger partial charge in [-0.3, -0.25) is 9.59 Å². The number of nitrogens with zero attached hydrogens (tertiary/aromatic N) is 2. The normalized spacial score (nSPS) is 21.3. The molecule has 4 rings (SSSR count). The van der Waals surface area contributed by atoms with Gasteiger partial charge in [-0.15, -0.1) is 0 Å². The van der Waals surface area contributed by atoms with E-state index in [4.69, 9.17) is 9.47 Å². The minimum atomic E-state index is -3.38. The summed E-state index contributed by atoms with van der Waals surface area (Å²) in [4.78, 5) is 47.2. The molecule has 2 fully saturated rings. The highest BCUT2D eigenvalue weighted by Crippen LogP contribution is 2.50. The molecule has 12 heteroatoms. The van der Waals surface area contributed by atoms with Crippen molar-refractivity contribution in [2.75, 3.05) is 7.11 Å². The van der Waals surface area contributed by atoms with Crippen LogP contribution in [0.15, 0.2) is 18.2 Å². The molecule has 0 aliphatic heterocycles. The zero-order valence-electron chi connectivity index (χ0n) is 30.6. The Morgan fingerprint density at radius 2 is 1.74 bits per heavy atom. The zero-order valence-corrected chi connectivity index (χ0v) is 30.6. The number of ketones is 1. The summed E-state index contributed by atoms with van der Waals surface area (Å²) in [5, 5.41) is 16.0. The number of carbonyl (C=O) groups is 3. The molecule has 2 aromatic rings. The van der Waals surface area contributed by atoms with Gasteiger partial charge < -0.3 is 25.2 Å². The largest absolute Gasteiger partial charge is 0.497 e. The minimum Gasteiger partial charge on any atom is -0.497 e. The molecule has 10 nitrogen and oxygen atoms in total. The second-order valence-electron chi connectivity index (χ2n) is 15.1. The van der Waals surface area contributed by atoms with Crippen LogP contribution in [0.5, 0.6) is 11.6 Å². The molecule has 278 valence electrons. The fraction of sp³-hybridized carbons (Fsp3) is 0.711. The van der Waals surface area contributed by atoms with E-state index in [1.165, 1.54) is 32.6 Å². The number of nitrogens with one attached hydrogen (secondary N) is 2. The van der Waals surface area contributed by atoms with Crippen LogP contribution in [-0.4, -0.2) is 57.7 Å². The fourth-order valence-corrected chi connectivity index (χ4v) is 7.58. The van der Waals surface area contributed by atoms with E-state index in [9.17, 15) is 19.5 Å². The number of methoxy groups -OCH3 is 1. The molecule has 0 radical (unpaired) electrons. The van der Waals surface area contributed by atoms with Gasteiger partial charge in [0.25, 0.3) is 5.92 Å². The Kier molecular flexibility index (Phi) is 13.0. The van der Waals surface area contributed by atoms with Crippen molar-refractivity contribution in [2.45, 2.75) is 148 Å². The lowest BCUT2D eigenvalue weighted by Crippen LogP contribution is -2.54. The van der Waals surface area contributed by atoms with E-state index in [1.807, 2.05) is 20.8 Å². The first-order chi connectivity index (χ1) is 23.6. The molecule has 0 bridgehead atoms. The fourth-order valence-electron chi connectivity index (χ4n) is 7.58. The highest BCUT2D eigenvalue weighted by molar-refractivity contribution is 5.91. The van der Waals surface area contributed by atoms with Gasteiger partial charge in [0.05, 0.1) is 24.2 Å². The molecule has 2 amide bonds. The number of fused-ring (bicyclic) bond motifs is 1. The Hall–Kier alpha value is -3.57. The van der Waals surface area contributed by atoms with Gasteiger partial charge in [-0.2, -0.15) is 8.78 Å². The third kappa shape index (κ3) is 10.0. The van der Waals surface area contributed by atoms with Gasteiger partial charge >= 0.3 is 6.09 Å². The van der Waals surface area contributed by atoms with Crippen LogP contribution in [0.2, 0.25) is 0 Å². The van der Waals surface area contributed by atoms with Gasteiger partial charge in [0.2, 0.25) is 11.8 Å². The minimum absolute atomic E-state index is 0.00168. The number of ether oxygens (including phenoxy) is 2. The molecular weight excluding hydrogens is 646 g/mol. The topological polar surface area (TPSA) is 140 Å². The first-order valence-electron chi connectivity index (χ1n) is 18.4. The quantitative estimate of drug-likeness (QED) is 0.132. The Balaban J connectivity index is 1.31. The van der Waals surface area contributed by atoms with Crippen LogP contribution in [0.4, 0.5) is 13.6 Å². The van der Waals surface area contributed by atoms with Crippen molar-refractivity contribution in [1.29, 1.82) is 0 Å². The van der Waals surface area contributed by atoms with Gasteiger partial charge in [0.1, 0.15) is 17.4 Å². The molecule has 0 spiro atoms. The summed E-state index contributed by atoms with van der Waals surface area (Å²) in [6.07, 6.45) is 8.94. The number of Topliss-reactive ketones (excluding diaryl/α,β-unsaturated/α-hetero) is 1. The second-order valence-corrected chi connectivity index (χ2v) is 15.1. The highest BCUT2D eigenvalue weighted by atomic mass is 19.3. The number of aromatic nitrogens is 2. The van der Waals surface area contributed by atoms with E-state index in [1.54, 1.807) is 6.07 Å². The number of rotatable bonds is 18. The zero-order chi connectivity index (χ0) is 36.7. The number of alkyl carbamates (subject to hydrolysis) is 1. The monoisotopic (exact) mass is 702 g/mol. The average molecular weight is 703 g/mol. The summed E-state index contributed by atoms with van der Waals surface area (Å²) in [6.45, 7) is 9.53.